The molecule has 0 spiro atoms. The molecule has 0 aliphatic carbocycles. The summed E-state index contributed by atoms with van der Waals surface area (Å²) in [5.41, 5.74) is 1.92. The molecule has 2 N–H and O–H groups in total. The maximum absolute atomic E-state index is 11.4. The number of carbonyl (C=O) groups is 1. The fourth-order valence-electron chi connectivity index (χ4n) is 0.911. The summed E-state index contributed by atoms with van der Waals surface area (Å²) in [5, 5.41) is 6.04. The fourth-order valence-corrected chi connectivity index (χ4v) is 0.911. The molecule has 0 atom stereocenters. The highest BCUT2D eigenvalue weighted by molar-refractivity contribution is 5.93. The van der Waals surface area contributed by atoms with Crippen molar-refractivity contribution in [2.45, 2.75) is 26.8 Å². The van der Waals surface area contributed by atoms with Crippen molar-refractivity contribution >= 4 is 18.3 Å². The summed E-state index contributed by atoms with van der Waals surface area (Å²) >= 11 is 0. The average Bonchev–Trinajstić information content (AvgIpc) is 1.94. The van der Waals surface area contributed by atoms with E-state index in [1.165, 1.54) is 0 Å². The van der Waals surface area contributed by atoms with Crippen molar-refractivity contribution in [1.29, 1.82) is 0 Å². The largest absolute Gasteiger partial charge is 0.347 e. The van der Waals surface area contributed by atoms with E-state index in [2.05, 4.69) is 10.6 Å². The molecule has 1 fully saturated rings. The zero-order valence-electron chi connectivity index (χ0n) is 8.31. The van der Waals surface area contributed by atoms with Crippen LogP contribution in [0.4, 0.5) is 0 Å². The highest BCUT2D eigenvalue weighted by Crippen LogP contribution is 2.02. The second-order valence-electron chi connectivity index (χ2n) is 3.45. The van der Waals surface area contributed by atoms with Gasteiger partial charge >= 0.3 is 0 Å². The average molecular weight is 205 g/mol. The van der Waals surface area contributed by atoms with Gasteiger partial charge in [0.1, 0.15) is 0 Å². The summed E-state index contributed by atoms with van der Waals surface area (Å²) in [6.07, 6.45) is 0. The lowest BCUT2D eigenvalue weighted by Crippen LogP contribution is -2.57. The van der Waals surface area contributed by atoms with Gasteiger partial charge in [0.2, 0.25) is 5.91 Å². The van der Waals surface area contributed by atoms with Gasteiger partial charge in [0.05, 0.1) is 6.04 Å². The van der Waals surface area contributed by atoms with Crippen molar-refractivity contribution in [2.75, 3.05) is 13.1 Å². The molecule has 0 unspecified atom stereocenters. The van der Waals surface area contributed by atoms with Gasteiger partial charge in [-0.3, -0.25) is 4.79 Å². The van der Waals surface area contributed by atoms with Crippen molar-refractivity contribution in [1.82, 2.24) is 10.6 Å². The van der Waals surface area contributed by atoms with Crippen molar-refractivity contribution in [3.05, 3.63) is 11.1 Å². The van der Waals surface area contributed by atoms with Crippen LogP contribution in [0.3, 0.4) is 0 Å². The number of hydrogen-bond acceptors (Lipinski definition) is 2. The lowest BCUT2D eigenvalue weighted by Gasteiger charge is -2.28. The van der Waals surface area contributed by atoms with Crippen LogP contribution in [-0.2, 0) is 4.79 Å². The van der Waals surface area contributed by atoms with Crippen LogP contribution >= 0.6 is 12.4 Å². The summed E-state index contributed by atoms with van der Waals surface area (Å²) in [6.45, 7) is 7.57. The second-order valence-corrected chi connectivity index (χ2v) is 3.45. The van der Waals surface area contributed by atoms with E-state index in [0.717, 1.165) is 24.2 Å². The summed E-state index contributed by atoms with van der Waals surface area (Å²) in [5.74, 6) is 0.0708. The Morgan fingerprint density at radius 1 is 1.31 bits per heavy atom. The minimum absolute atomic E-state index is 0. The predicted molar refractivity (Wildman–Crippen MR) is 56.1 cm³/mol. The molecule has 1 amide bonds. The Bertz CT molecular complexity index is 218. The van der Waals surface area contributed by atoms with Gasteiger partial charge in [-0.1, -0.05) is 5.57 Å². The number of allylic oxidation sites excluding steroid dienone is 1. The third-order valence-corrected chi connectivity index (χ3v) is 2.21. The first-order valence-electron chi connectivity index (χ1n) is 4.27. The molecule has 1 aliphatic rings. The molecule has 1 rings (SSSR count). The minimum atomic E-state index is 0. The quantitative estimate of drug-likeness (QED) is 0.655. The monoisotopic (exact) mass is 204 g/mol. The van der Waals surface area contributed by atoms with Gasteiger partial charge in [0.25, 0.3) is 0 Å². The Morgan fingerprint density at radius 3 is 2.15 bits per heavy atom. The molecule has 4 heteroatoms. The van der Waals surface area contributed by atoms with E-state index in [1.807, 2.05) is 20.8 Å². The molecular weight excluding hydrogens is 188 g/mol. The Morgan fingerprint density at radius 2 is 1.85 bits per heavy atom. The summed E-state index contributed by atoms with van der Waals surface area (Å²) in [6, 6.07) is 0.340. The van der Waals surface area contributed by atoms with Crippen LogP contribution in [0.15, 0.2) is 11.1 Å². The minimum Gasteiger partial charge on any atom is -0.347 e. The van der Waals surface area contributed by atoms with Gasteiger partial charge in [-0.2, -0.15) is 0 Å². The zero-order chi connectivity index (χ0) is 9.14. The first-order valence-corrected chi connectivity index (χ1v) is 4.27. The van der Waals surface area contributed by atoms with E-state index >= 15 is 0 Å². The third kappa shape index (κ3) is 3.36. The molecule has 76 valence electrons. The van der Waals surface area contributed by atoms with Crippen LogP contribution in [0.5, 0.6) is 0 Å². The lowest BCUT2D eigenvalue weighted by atomic mass is 10.1. The molecule has 1 saturated heterocycles. The maximum atomic E-state index is 11.4. The topological polar surface area (TPSA) is 41.1 Å². The first kappa shape index (κ1) is 12.5. The van der Waals surface area contributed by atoms with Crippen molar-refractivity contribution in [3.8, 4) is 0 Å². The van der Waals surface area contributed by atoms with Gasteiger partial charge in [-0.25, -0.2) is 0 Å². The van der Waals surface area contributed by atoms with Gasteiger partial charge in [-0.15, -0.1) is 12.4 Å². The van der Waals surface area contributed by atoms with Crippen LogP contribution < -0.4 is 10.6 Å². The van der Waals surface area contributed by atoms with E-state index in [0.29, 0.717) is 6.04 Å². The van der Waals surface area contributed by atoms with Gasteiger partial charge in [0, 0.05) is 18.7 Å². The van der Waals surface area contributed by atoms with Crippen LogP contribution in [0.25, 0.3) is 0 Å². The molecule has 3 nitrogen and oxygen atoms in total. The molecule has 0 aromatic carbocycles. The normalized spacial score (nSPS) is 15.3. The predicted octanol–water partition coefficient (Wildman–Crippen LogP) is 0.852. The number of halogens is 1. The first-order chi connectivity index (χ1) is 5.61. The molecule has 0 aromatic rings. The van der Waals surface area contributed by atoms with Crippen molar-refractivity contribution in [3.63, 3.8) is 0 Å². The lowest BCUT2D eigenvalue weighted by molar-refractivity contribution is -0.118. The van der Waals surface area contributed by atoms with Crippen molar-refractivity contribution < 1.29 is 4.79 Å². The van der Waals surface area contributed by atoms with E-state index in [1.54, 1.807) is 0 Å². The third-order valence-electron chi connectivity index (χ3n) is 2.21. The maximum Gasteiger partial charge on any atom is 0.247 e. The Kier molecular flexibility index (Phi) is 5.03. The number of carbonyl (C=O) groups excluding carboxylic acids is 1. The molecule has 1 heterocycles. The van der Waals surface area contributed by atoms with E-state index in [-0.39, 0.29) is 18.3 Å². The molecule has 13 heavy (non-hydrogen) atoms. The summed E-state index contributed by atoms with van der Waals surface area (Å²) < 4.78 is 0. The van der Waals surface area contributed by atoms with Crippen LogP contribution in [0.1, 0.15) is 20.8 Å². The Hall–Kier alpha value is -0.540. The fraction of sp³-hybridized carbons (Fsp3) is 0.667. The standard InChI is InChI=1S/C9H16N2O.ClH/c1-6(2)7(3)9(12)11-8-4-10-5-8;/h8,10H,4-5H2,1-3H3,(H,11,12);1H. The number of rotatable bonds is 2. The van der Waals surface area contributed by atoms with Crippen molar-refractivity contribution in [2.24, 2.45) is 0 Å². The molecule has 0 radical (unpaired) electrons. The van der Waals surface area contributed by atoms with Gasteiger partial charge < -0.3 is 10.6 Å². The van der Waals surface area contributed by atoms with E-state index in [9.17, 15) is 4.79 Å². The SMILES string of the molecule is CC(C)=C(C)C(=O)NC1CNC1.Cl. The number of nitrogens with one attached hydrogen (secondary N) is 2. The Balaban J connectivity index is 0.00000144. The number of amides is 1. The van der Waals surface area contributed by atoms with Crippen LogP contribution in [-0.4, -0.2) is 25.0 Å². The summed E-state index contributed by atoms with van der Waals surface area (Å²) in [7, 11) is 0. The van der Waals surface area contributed by atoms with Gasteiger partial charge in [-0.05, 0) is 20.8 Å². The highest BCUT2D eigenvalue weighted by Gasteiger charge is 2.19. The molecule has 0 bridgehead atoms. The Labute approximate surface area is 85.4 Å². The molecule has 1 aliphatic heterocycles. The van der Waals surface area contributed by atoms with E-state index < -0.39 is 0 Å². The second kappa shape index (κ2) is 5.25. The molecule has 0 aromatic heterocycles. The smallest absolute Gasteiger partial charge is 0.247 e. The molecule has 0 saturated carbocycles. The number of hydrogen-bond donors (Lipinski definition) is 2. The summed E-state index contributed by atoms with van der Waals surface area (Å²) in [4.78, 5) is 11.4. The van der Waals surface area contributed by atoms with Crippen LogP contribution in [0, 0.1) is 0 Å². The molecular formula is C9H17ClN2O. The van der Waals surface area contributed by atoms with Crippen LogP contribution in [0.2, 0.25) is 0 Å². The highest BCUT2D eigenvalue weighted by atomic mass is 35.5. The van der Waals surface area contributed by atoms with Gasteiger partial charge in [0.15, 0.2) is 0 Å². The van der Waals surface area contributed by atoms with E-state index in [4.69, 9.17) is 0 Å². The zero-order valence-corrected chi connectivity index (χ0v) is 9.12.